The van der Waals surface area contributed by atoms with Crippen LogP contribution in [0.5, 0.6) is 0 Å². The van der Waals surface area contributed by atoms with E-state index in [1.165, 1.54) is 38.5 Å². The zero-order valence-corrected chi connectivity index (χ0v) is 32.9. The van der Waals surface area contributed by atoms with Crippen LogP contribution in [0.4, 0.5) is 0 Å². The van der Waals surface area contributed by atoms with Crippen molar-refractivity contribution in [3.8, 4) is 45.5 Å². The molecule has 1 aliphatic rings. The molecule has 6 heteroatoms. The average Bonchev–Trinajstić information content (AvgIpc) is 4.01. The molecule has 0 saturated heterocycles. The second kappa shape index (κ2) is 12.1. The van der Waals surface area contributed by atoms with Crippen LogP contribution in [0.25, 0.3) is 111 Å². The summed E-state index contributed by atoms with van der Waals surface area (Å²) in [6.07, 6.45) is 0. The number of fused-ring (bicyclic) bond motifs is 13. The van der Waals surface area contributed by atoms with Crippen LogP contribution >= 0.6 is 0 Å². The Hall–Kier alpha value is -7.83. The number of furan rings is 1. The van der Waals surface area contributed by atoms with Crippen molar-refractivity contribution in [1.82, 2.24) is 24.1 Å². The number of hydrogen-bond acceptors (Lipinski definition) is 4. The molecule has 6 nitrogen and oxygen atoms in total. The third kappa shape index (κ3) is 4.56. The molecule has 0 bridgehead atoms. The van der Waals surface area contributed by atoms with E-state index in [2.05, 4.69) is 181 Å². The highest BCUT2D eigenvalue weighted by Crippen LogP contribution is 2.53. The van der Waals surface area contributed by atoms with E-state index in [0.717, 1.165) is 66.1 Å². The number of hydrogen-bond donors (Lipinski definition) is 0. The summed E-state index contributed by atoms with van der Waals surface area (Å²) in [6.45, 7) is 4.73. The Morgan fingerprint density at radius 1 is 0.433 bits per heavy atom. The normalized spacial score (nSPS) is 13.3. The summed E-state index contributed by atoms with van der Waals surface area (Å²) in [6, 6.07) is 62.2. The van der Waals surface area contributed by atoms with Crippen LogP contribution in [0.15, 0.2) is 180 Å². The Kier molecular flexibility index (Phi) is 6.69. The summed E-state index contributed by atoms with van der Waals surface area (Å²) in [5, 5.41) is 6.97. The van der Waals surface area contributed by atoms with Crippen LogP contribution in [0.3, 0.4) is 0 Å². The van der Waals surface area contributed by atoms with Gasteiger partial charge in [0.2, 0.25) is 5.95 Å². The van der Waals surface area contributed by atoms with Gasteiger partial charge in [0.15, 0.2) is 11.6 Å². The third-order valence-corrected chi connectivity index (χ3v) is 12.8. The van der Waals surface area contributed by atoms with Gasteiger partial charge in [-0.1, -0.05) is 135 Å². The molecular weight excluding hydrogens is 735 g/mol. The molecule has 4 heterocycles. The largest absolute Gasteiger partial charge is 0.456 e. The number of rotatable bonds is 4. The Morgan fingerprint density at radius 3 is 1.82 bits per heavy atom. The highest BCUT2D eigenvalue weighted by molar-refractivity contribution is 6.14. The van der Waals surface area contributed by atoms with Gasteiger partial charge in [-0.25, -0.2) is 4.98 Å². The standard InChI is InChI=1S/C54H35N5O/c1-54(2)42-21-8-3-16-35(42)40-28-29-46-49(50(40)54)41-20-6-11-24-45(41)58(46)34-15-13-14-32(30-34)51-55-52(33-26-27-39-38-19-7-12-25-47(38)60-48(39)31-33)57-53(56-51)59-43-22-9-4-17-36(43)37-18-5-10-23-44(37)59/h3-31H,1-2H3. The minimum atomic E-state index is -0.155. The number of aromatic nitrogens is 5. The van der Waals surface area contributed by atoms with Crippen molar-refractivity contribution in [3.05, 3.63) is 187 Å². The molecule has 0 radical (unpaired) electrons. The van der Waals surface area contributed by atoms with Gasteiger partial charge in [-0.3, -0.25) is 4.57 Å². The van der Waals surface area contributed by atoms with Gasteiger partial charge in [0, 0.05) is 54.5 Å². The van der Waals surface area contributed by atoms with Crippen molar-refractivity contribution in [2.75, 3.05) is 0 Å². The maximum Gasteiger partial charge on any atom is 0.238 e. The first-order valence-corrected chi connectivity index (χ1v) is 20.4. The maximum absolute atomic E-state index is 6.35. The van der Waals surface area contributed by atoms with Crippen molar-refractivity contribution in [2.45, 2.75) is 19.3 Å². The van der Waals surface area contributed by atoms with Crippen LogP contribution in [0.1, 0.15) is 25.0 Å². The van der Waals surface area contributed by atoms with Crippen LogP contribution in [0.2, 0.25) is 0 Å². The average molecular weight is 770 g/mol. The smallest absolute Gasteiger partial charge is 0.238 e. The molecular formula is C54H35N5O. The minimum Gasteiger partial charge on any atom is -0.456 e. The number of benzene rings is 8. The van der Waals surface area contributed by atoms with Gasteiger partial charge in [0.1, 0.15) is 11.2 Å². The lowest BCUT2D eigenvalue weighted by Crippen LogP contribution is -2.15. The van der Waals surface area contributed by atoms with E-state index >= 15 is 0 Å². The Bertz CT molecular complexity index is 3720. The van der Waals surface area contributed by atoms with Crippen molar-refractivity contribution < 1.29 is 4.42 Å². The van der Waals surface area contributed by atoms with Gasteiger partial charge >= 0.3 is 0 Å². The van der Waals surface area contributed by atoms with Gasteiger partial charge in [-0.15, -0.1) is 0 Å². The van der Waals surface area contributed by atoms with Crippen LogP contribution in [-0.4, -0.2) is 24.1 Å². The molecule has 8 aromatic carbocycles. The first-order chi connectivity index (χ1) is 29.5. The highest BCUT2D eigenvalue weighted by Gasteiger charge is 2.38. The zero-order chi connectivity index (χ0) is 39.7. The molecule has 0 saturated carbocycles. The summed E-state index contributed by atoms with van der Waals surface area (Å²) >= 11 is 0. The van der Waals surface area contributed by atoms with Crippen molar-refractivity contribution in [2.24, 2.45) is 0 Å². The zero-order valence-electron chi connectivity index (χ0n) is 32.9. The summed E-state index contributed by atoms with van der Waals surface area (Å²) in [4.78, 5) is 15.8. The molecule has 0 N–H and O–H groups in total. The summed E-state index contributed by atoms with van der Waals surface area (Å²) < 4.78 is 10.9. The first kappa shape index (κ1) is 33.2. The van der Waals surface area contributed by atoms with E-state index in [4.69, 9.17) is 19.4 Å². The maximum atomic E-state index is 6.35. The third-order valence-electron chi connectivity index (χ3n) is 12.8. The van der Waals surface area contributed by atoms with Crippen molar-refractivity contribution in [1.29, 1.82) is 0 Å². The Morgan fingerprint density at radius 2 is 1.05 bits per heavy atom. The summed E-state index contributed by atoms with van der Waals surface area (Å²) in [7, 11) is 0. The fraction of sp³-hybridized carbons (Fsp3) is 0.0556. The molecule has 4 aromatic heterocycles. The Labute approximate surface area is 344 Å². The molecule has 0 fully saturated rings. The summed E-state index contributed by atoms with van der Waals surface area (Å²) in [5.41, 5.74) is 14.1. The van der Waals surface area contributed by atoms with E-state index in [9.17, 15) is 0 Å². The second-order valence-corrected chi connectivity index (χ2v) is 16.4. The quantitative estimate of drug-likeness (QED) is 0.179. The monoisotopic (exact) mass is 769 g/mol. The molecule has 0 aliphatic heterocycles. The predicted octanol–water partition coefficient (Wildman–Crippen LogP) is 13.6. The topological polar surface area (TPSA) is 61.7 Å². The summed E-state index contributed by atoms with van der Waals surface area (Å²) in [5.74, 6) is 1.71. The van der Waals surface area contributed by atoms with Crippen molar-refractivity contribution >= 4 is 65.6 Å². The van der Waals surface area contributed by atoms with E-state index in [1.807, 2.05) is 18.2 Å². The lowest BCUT2D eigenvalue weighted by Gasteiger charge is -2.22. The van der Waals surface area contributed by atoms with E-state index in [-0.39, 0.29) is 5.41 Å². The molecule has 13 rings (SSSR count). The molecule has 12 aromatic rings. The fourth-order valence-corrected chi connectivity index (χ4v) is 10.1. The first-order valence-electron chi connectivity index (χ1n) is 20.4. The molecule has 0 unspecified atom stereocenters. The molecule has 0 atom stereocenters. The van der Waals surface area contributed by atoms with Crippen LogP contribution < -0.4 is 0 Å². The molecule has 0 spiro atoms. The number of nitrogens with zero attached hydrogens (tertiary/aromatic N) is 5. The lowest BCUT2D eigenvalue weighted by molar-refractivity contribution is 0.666. The van der Waals surface area contributed by atoms with Gasteiger partial charge in [-0.2, -0.15) is 9.97 Å². The Balaban J connectivity index is 1.04. The van der Waals surface area contributed by atoms with Gasteiger partial charge in [0.25, 0.3) is 0 Å². The highest BCUT2D eigenvalue weighted by atomic mass is 16.3. The van der Waals surface area contributed by atoms with Gasteiger partial charge in [-0.05, 0) is 76.9 Å². The fourth-order valence-electron chi connectivity index (χ4n) is 10.1. The van der Waals surface area contributed by atoms with E-state index in [0.29, 0.717) is 17.6 Å². The van der Waals surface area contributed by atoms with E-state index in [1.54, 1.807) is 0 Å². The molecule has 1 aliphatic carbocycles. The number of para-hydroxylation sites is 4. The second-order valence-electron chi connectivity index (χ2n) is 16.4. The SMILES string of the molecule is CC1(C)c2ccccc2-c2ccc3c(c21)c1ccccc1n3-c1cccc(-c2nc(-c3ccc4c(c3)oc3ccccc34)nc(-n3c4ccccc4c4ccccc43)n2)c1. The van der Waals surface area contributed by atoms with E-state index < -0.39 is 0 Å². The van der Waals surface area contributed by atoms with Crippen LogP contribution in [0, 0.1) is 0 Å². The van der Waals surface area contributed by atoms with Gasteiger partial charge < -0.3 is 8.98 Å². The minimum absolute atomic E-state index is 0.155. The molecule has 60 heavy (non-hydrogen) atoms. The predicted molar refractivity (Wildman–Crippen MR) is 244 cm³/mol. The van der Waals surface area contributed by atoms with Gasteiger partial charge in [0.05, 0.1) is 22.1 Å². The molecule has 0 amide bonds. The lowest BCUT2D eigenvalue weighted by atomic mass is 9.80. The van der Waals surface area contributed by atoms with Crippen LogP contribution in [-0.2, 0) is 5.41 Å². The molecule has 282 valence electrons. The van der Waals surface area contributed by atoms with Crippen molar-refractivity contribution in [3.63, 3.8) is 0 Å².